The zero-order valence-corrected chi connectivity index (χ0v) is 10.9. The summed E-state index contributed by atoms with van der Waals surface area (Å²) in [5.41, 5.74) is 1.46. The number of nitrogens with zero attached hydrogens (tertiary/aromatic N) is 2. The van der Waals surface area contributed by atoms with Crippen LogP contribution in [0.5, 0.6) is 0 Å². The van der Waals surface area contributed by atoms with E-state index in [9.17, 15) is 4.79 Å². The molecule has 96 valence electrons. The van der Waals surface area contributed by atoms with Crippen LogP contribution in [0, 0.1) is 5.41 Å². The number of aryl methyl sites for hydroxylation is 2. The lowest BCUT2D eigenvalue weighted by Gasteiger charge is -2.19. The lowest BCUT2D eigenvalue weighted by atomic mass is 9.94. The average Bonchev–Trinajstić information content (AvgIpc) is 2.58. The standard InChI is InChI=1S/C12H21N3O2/c1-5-10-9(7-15(4)14-10)6-13-8-12(2,3)11(16)17/h7,13H,5-6,8H2,1-4H3,(H,16,17). The lowest BCUT2D eigenvalue weighted by Crippen LogP contribution is -2.35. The van der Waals surface area contributed by atoms with Crippen LogP contribution in [0.1, 0.15) is 32.0 Å². The first-order valence-corrected chi connectivity index (χ1v) is 5.82. The number of nitrogens with one attached hydrogen (secondary N) is 1. The normalized spacial score (nSPS) is 11.8. The molecule has 5 nitrogen and oxygen atoms in total. The number of hydrogen-bond acceptors (Lipinski definition) is 3. The monoisotopic (exact) mass is 239 g/mol. The molecule has 1 aromatic rings. The first-order valence-electron chi connectivity index (χ1n) is 5.82. The highest BCUT2D eigenvalue weighted by molar-refractivity contribution is 5.73. The minimum atomic E-state index is -0.785. The van der Waals surface area contributed by atoms with Crippen LogP contribution in [0.4, 0.5) is 0 Å². The van der Waals surface area contributed by atoms with Crippen molar-refractivity contribution in [3.05, 3.63) is 17.5 Å². The summed E-state index contributed by atoms with van der Waals surface area (Å²) in [6.07, 6.45) is 2.86. The molecule has 0 amide bonds. The van der Waals surface area contributed by atoms with Gasteiger partial charge in [-0.25, -0.2) is 0 Å². The number of carboxylic acids is 1. The second-order valence-electron chi connectivity index (χ2n) is 4.92. The maximum absolute atomic E-state index is 10.9. The Kier molecular flexibility index (Phi) is 4.28. The minimum Gasteiger partial charge on any atom is -0.481 e. The Labute approximate surface area is 102 Å². The van der Waals surface area contributed by atoms with Gasteiger partial charge in [-0.1, -0.05) is 6.92 Å². The summed E-state index contributed by atoms with van der Waals surface area (Å²) in [7, 11) is 1.89. The topological polar surface area (TPSA) is 67.2 Å². The van der Waals surface area contributed by atoms with E-state index in [-0.39, 0.29) is 0 Å². The quantitative estimate of drug-likeness (QED) is 0.782. The Morgan fingerprint density at radius 1 is 1.59 bits per heavy atom. The molecule has 0 bridgehead atoms. The molecule has 1 rings (SSSR count). The van der Waals surface area contributed by atoms with Gasteiger partial charge in [-0.3, -0.25) is 9.48 Å². The zero-order chi connectivity index (χ0) is 13.1. The zero-order valence-electron chi connectivity index (χ0n) is 10.9. The smallest absolute Gasteiger partial charge is 0.310 e. The van der Waals surface area contributed by atoms with Crippen molar-refractivity contribution in [1.29, 1.82) is 0 Å². The van der Waals surface area contributed by atoms with E-state index < -0.39 is 11.4 Å². The molecule has 0 saturated carbocycles. The number of carbonyl (C=O) groups is 1. The summed E-state index contributed by atoms with van der Waals surface area (Å²) in [5, 5.41) is 16.5. The maximum Gasteiger partial charge on any atom is 0.310 e. The highest BCUT2D eigenvalue weighted by Gasteiger charge is 2.26. The van der Waals surface area contributed by atoms with E-state index in [1.165, 1.54) is 0 Å². The molecule has 0 radical (unpaired) electrons. The van der Waals surface area contributed by atoms with Crippen molar-refractivity contribution < 1.29 is 9.90 Å². The van der Waals surface area contributed by atoms with Crippen molar-refractivity contribution in [3.8, 4) is 0 Å². The molecule has 0 aliphatic carbocycles. The minimum absolute atomic E-state index is 0.445. The molecular formula is C12H21N3O2. The molecule has 0 atom stereocenters. The summed E-state index contributed by atoms with van der Waals surface area (Å²) in [6.45, 7) is 6.60. The molecule has 5 heteroatoms. The summed E-state index contributed by atoms with van der Waals surface area (Å²) >= 11 is 0. The van der Waals surface area contributed by atoms with E-state index in [4.69, 9.17) is 5.11 Å². The molecule has 0 spiro atoms. The third kappa shape index (κ3) is 3.56. The first-order chi connectivity index (χ1) is 7.86. The van der Waals surface area contributed by atoms with Crippen molar-refractivity contribution >= 4 is 5.97 Å². The molecule has 1 heterocycles. The van der Waals surface area contributed by atoms with Crippen LogP contribution in [0.2, 0.25) is 0 Å². The lowest BCUT2D eigenvalue weighted by molar-refractivity contribution is -0.146. The van der Waals surface area contributed by atoms with Gasteiger partial charge in [-0.15, -0.1) is 0 Å². The Morgan fingerprint density at radius 3 is 2.76 bits per heavy atom. The van der Waals surface area contributed by atoms with Gasteiger partial charge in [0.1, 0.15) is 0 Å². The second-order valence-corrected chi connectivity index (χ2v) is 4.92. The number of rotatable bonds is 6. The Morgan fingerprint density at radius 2 is 2.24 bits per heavy atom. The van der Waals surface area contributed by atoms with E-state index in [1.54, 1.807) is 18.5 Å². The number of hydrogen-bond donors (Lipinski definition) is 2. The summed E-state index contributed by atoms with van der Waals surface area (Å²) in [4.78, 5) is 10.9. The summed E-state index contributed by atoms with van der Waals surface area (Å²) < 4.78 is 1.79. The van der Waals surface area contributed by atoms with E-state index in [0.717, 1.165) is 17.7 Å². The van der Waals surface area contributed by atoms with Gasteiger partial charge in [0.05, 0.1) is 11.1 Å². The van der Waals surface area contributed by atoms with Crippen LogP contribution >= 0.6 is 0 Å². The van der Waals surface area contributed by atoms with Crippen LogP contribution in [-0.2, 0) is 24.8 Å². The van der Waals surface area contributed by atoms with Gasteiger partial charge < -0.3 is 10.4 Å². The van der Waals surface area contributed by atoms with E-state index in [2.05, 4.69) is 17.3 Å². The highest BCUT2D eigenvalue weighted by atomic mass is 16.4. The SMILES string of the molecule is CCc1nn(C)cc1CNCC(C)(C)C(=O)O. The van der Waals surface area contributed by atoms with E-state index >= 15 is 0 Å². The van der Waals surface area contributed by atoms with E-state index in [0.29, 0.717) is 13.1 Å². The Balaban J connectivity index is 2.54. The van der Waals surface area contributed by atoms with Crippen molar-refractivity contribution in [2.45, 2.75) is 33.7 Å². The highest BCUT2D eigenvalue weighted by Crippen LogP contribution is 2.14. The average molecular weight is 239 g/mol. The molecular weight excluding hydrogens is 218 g/mol. The first kappa shape index (κ1) is 13.7. The fourth-order valence-electron chi connectivity index (χ4n) is 1.61. The van der Waals surface area contributed by atoms with Crippen molar-refractivity contribution in [2.75, 3.05) is 6.54 Å². The van der Waals surface area contributed by atoms with Crippen molar-refractivity contribution in [3.63, 3.8) is 0 Å². The molecule has 0 fully saturated rings. The number of carboxylic acid groups (broad SMARTS) is 1. The Bertz CT molecular complexity index is 396. The molecule has 17 heavy (non-hydrogen) atoms. The van der Waals surface area contributed by atoms with Crippen molar-refractivity contribution in [1.82, 2.24) is 15.1 Å². The largest absolute Gasteiger partial charge is 0.481 e. The van der Waals surface area contributed by atoms with E-state index in [1.807, 2.05) is 13.2 Å². The van der Waals surface area contributed by atoms with Crippen LogP contribution in [0.3, 0.4) is 0 Å². The Hall–Kier alpha value is -1.36. The van der Waals surface area contributed by atoms with Gasteiger partial charge in [-0.05, 0) is 20.3 Å². The molecule has 0 aliphatic heterocycles. The molecule has 2 N–H and O–H groups in total. The maximum atomic E-state index is 10.9. The van der Waals surface area contributed by atoms with Gasteiger partial charge in [0, 0.05) is 31.9 Å². The number of aliphatic carboxylic acids is 1. The molecule has 0 unspecified atom stereocenters. The van der Waals surface area contributed by atoms with Crippen LogP contribution in [0.15, 0.2) is 6.20 Å². The predicted molar refractivity (Wildman–Crippen MR) is 65.7 cm³/mol. The molecule has 0 aromatic carbocycles. The molecule has 0 saturated heterocycles. The van der Waals surface area contributed by atoms with Gasteiger partial charge in [0.25, 0.3) is 0 Å². The third-order valence-corrected chi connectivity index (χ3v) is 2.79. The van der Waals surface area contributed by atoms with Crippen LogP contribution in [-0.4, -0.2) is 27.4 Å². The second kappa shape index (κ2) is 5.31. The van der Waals surface area contributed by atoms with Crippen LogP contribution in [0.25, 0.3) is 0 Å². The predicted octanol–water partition coefficient (Wildman–Crippen LogP) is 1.18. The molecule has 0 aliphatic rings. The summed E-state index contributed by atoms with van der Waals surface area (Å²) in [5.74, 6) is -0.785. The van der Waals surface area contributed by atoms with Gasteiger partial charge in [0.15, 0.2) is 0 Å². The van der Waals surface area contributed by atoms with Crippen molar-refractivity contribution in [2.24, 2.45) is 12.5 Å². The molecule has 1 aromatic heterocycles. The summed E-state index contributed by atoms with van der Waals surface area (Å²) in [6, 6.07) is 0. The fourth-order valence-corrected chi connectivity index (χ4v) is 1.61. The van der Waals surface area contributed by atoms with Crippen LogP contribution < -0.4 is 5.32 Å². The van der Waals surface area contributed by atoms with Gasteiger partial charge in [-0.2, -0.15) is 5.10 Å². The van der Waals surface area contributed by atoms with Gasteiger partial charge >= 0.3 is 5.97 Å². The fraction of sp³-hybridized carbons (Fsp3) is 0.667. The third-order valence-electron chi connectivity index (χ3n) is 2.79. The number of aromatic nitrogens is 2. The van der Waals surface area contributed by atoms with Gasteiger partial charge in [0.2, 0.25) is 0 Å².